The minimum atomic E-state index is -1.20. The highest BCUT2D eigenvalue weighted by atomic mass is 35.5. The van der Waals surface area contributed by atoms with Gasteiger partial charge in [-0.3, -0.25) is 19.3 Å². The van der Waals surface area contributed by atoms with E-state index in [2.05, 4.69) is 5.32 Å². The Bertz CT molecular complexity index is 1240. The van der Waals surface area contributed by atoms with Crippen LogP contribution in [-0.4, -0.2) is 70.8 Å². The van der Waals surface area contributed by atoms with Crippen LogP contribution >= 0.6 is 23.2 Å². The molecule has 1 saturated heterocycles. The molecule has 5 N–H and O–H groups in total. The van der Waals surface area contributed by atoms with Crippen molar-refractivity contribution in [2.75, 3.05) is 19.6 Å². The predicted molar refractivity (Wildman–Crippen MR) is 160 cm³/mol. The third-order valence-electron chi connectivity index (χ3n) is 7.59. The Morgan fingerprint density at radius 2 is 1.76 bits per heavy atom. The Morgan fingerprint density at radius 3 is 2.32 bits per heavy atom. The summed E-state index contributed by atoms with van der Waals surface area (Å²) in [7, 11) is 0. The molecular weight excluding hydrogens is 568 g/mol. The summed E-state index contributed by atoms with van der Waals surface area (Å²) < 4.78 is 13.5. The van der Waals surface area contributed by atoms with Crippen molar-refractivity contribution in [3.63, 3.8) is 0 Å². The van der Waals surface area contributed by atoms with E-state index in [4.69, 9.17) is 34.7 Å². The van der Waals surface area contributed by atoms with Gasteiger partial charge >= 0.3 is 0 Å². The Morgan fingerprint density at radius 1 is 1.10 bits per heavy atom. The average molecular weight is 609 g/mol. The SMILES string of the molecule is CCCC1CN(C(C(N)=O)C(C)c2ccc(Cl)c(Cl)c2)CCN1C(=O)C(Cc1ccc(F)cc1)NC(=O)C(C)(C)N. The number of carbonyl (C=O) groups excluding carboxylic acids is 3. The molecule has 11 heteroatoms. The van der Waals surface area contributed by atoms with Crippen molar-refractivity contribution in [3.8, 4) is 0 Å². The van der Waals surface area contributed by atoms with Crippen LogP contribution in [0.25, 0.3) is 0 Å². The monoisotopic (exact) mass is 607 g/mol. The molecule has 0 spiro atoms. The predicted octanol–water partition coefficient (Wildman–Crippen LogP) is 3.87. The summed E-state index contributed by atoms with van der Waals surface area (Å²) >= 11 is 12.3. The molecule has 4 atom stereocenters. The fourth-order valence-electron chi connectivity index (χ4n) is 5.32. The van der Waals surface area contributed by atoms with E-state index in [-0.39, 0.29) is 30.1 Å². The number of benzene rings is 2. The van der Waals surface area contributed by atoms with Gasteiger partial charge in [0.15, 0.2) is 0 Å². The number of nitrogens with one attached hydrogen (secondary N) is 1. The number of halogens is 3. The van der Waals surface area contributed by atoms with Gasteiger partial charge in [-0.25, -0.2) is 4.39 Å². The van der Waals surface area contributed by atoms with Gasteiger partial charge in [0.1, 0.15) is 11.9 Å². The normalized spacial score (nSPS) is 18.4. The van der Waals surface area contributed by atoms with Crippen molar-refractivity contribution >= 4 is 40.9 Å². The smallest absolute Gasteiger partial charge is 0.245 e. The van der Waals surface area contributed by atoms with Crippen LogP contribution in [-0.2, 0) is 20.8 Å². The lowest BCUT2D eigenvalue weighted by Gasteiger charge is -2.46. The van der Waals surface area contributed by atoms with Crippen LogP contribution in [0.15, 0.2) is 42.5 Å². The molecule has 1 aliphatic rings. The molecule has 0 aliphatic carbocycles. The average Bonchev–Trinajstić information content (AvgIpc) is 2.90. The largest absolute Gasteiger partial charge is 0.368 e. The summed E-state index contributed by atoms with van der Waals surface area (Å²) in [4.78, 5) is 43.4. The Labute approximate surface area is 251 Å². The highest BCUT2D eigenvalue weighted by Crippen LogP contribution is 2.31. The molecule has 0 saturated carbocycles. The van der Waals surface area contributed by atoms with Crippen LogP contribution < -0.4 is 16.8 Å². The third kappa shape index (κ3) is 8.41. The van der Waals surface area contributed by atoms with E-state index in [1.165, 1.54) is 12.1 Å². The molecule has 4 unspecified atom stereocenters. The second-order valence-corrected chi connectivity index (χ2v) is 12.2. The van der Waals surface area contributed by atoms with Crippen molar-refractivity contribution < 1.29 is 18.8 Å². The minimum absolute atomic E-state index is 0.179. The summed E-state index contributed by atoms with van der Waals surface area (Å²) in [6.45, 7) is 8.26. The van der Waals surface area contributed by atoms with Gasteiger partial charge in [-0.15, -0.1) is 0 Å². The molecule has 224 valence electrons. The van der Waals surface area contributed by atoms with E-state index in [1.54, 1.807) is 43.0 Å². The Kier molecular flexibility index (Phi) is 11.2. The third-order valence-corrected chi connectivity index (χ3v) is 8.33. The molecule has 0 bridgehead atoms. The zero-order valence-corrected chi connectivity index (χ0v) is 25.5. The number of carbonyl (C=O) groups is 3. The molecule has 2 aromatic rings. The lowest BCUT2D eigenvalue weighted by atomic mass is 9.90. The molecule has 1 heterocycles. The molecule has 3 amide bonds. The lowest BCUT2D eigenvalue weighted by molar-refractivity contribution is -0.143. The number of primary amides is 1. The maximum atomic E-state index is 14.0. The first-order valence-corrected chi connectivity index (χ1v) is 14.6. The van der Waals surface area contributed by atoms with Crippen molar-refractivity contribution in [3.05, 3.63) is 69.5 Å². The van der Waals surface area contributed by atoms with E-state index >= 15 is 0 Å². The number of hydrogen-bond acceptors (Lipinski definition) is 5. The molecule has 1 fully saturated rings. The summed E-state index contributed by atoms with van der Waals surface area (Å²) in [5, 5.41) is 3.64. The molecular formula is C30H40Cl2FN5O3. The zero-order chi connectivity index (χ0) is 30.5. The van der Waals surface area contributed by atoms with Crippen LogP contribution in [0.4, 0.5) is 4.39 Å². The summed E-state index contributed by atoms with van der Waals surface area (Å²) in [5.41, 5.74) is 12.3. The number of rotatable bonds is 11. The number of hydrogen-bond donors (Lipinski definition) is 3. The minimum Gasteiger partial charge on any atom is -0.368 e. The highest BCUT2D eigenvalue weighted by Gasteiger charge is 2.40. The number of nitrogens with two attached hydrogens (primary N) is 2. The molecule has 2 aromatic carbocycles. The number of piperazine rings is 1. The molecule has 0 aromatic heterocycles. The van der Waals surface area contributed by atoms with Crippen LogP contribution in [0, 0.1) is 5.82 Å². The van der Waals surface area contributed by atoms with Crippen LogP contribution in [0.2, 0.25) is 10.0 Å². The van der Waals surface area contributed by atoms with E-state index in [9.17, 15) is 18.8 Å². The first kappa shape index (κ1) is 32.8. The zero-order valence-electron chi connectivity index (χ0n) is 24.0. The Balaban J connectivity index is 1.86. The van der Waals surface area contributed by atoms with Gasteiger partial charge in [0.25, 0.3) is 0 Å². The van der Waals surface area contributed by atoms with Gasteiger partial charge in [0.05, 0.1) is 21.6 Å². The van der Waals surface area contributed by atoms with Gasteiger partial charge < -0.3 is 21.7 Å². The lowest BCUT2D eigenvalue weighted by Crippen LogP contribution is -2.64. The van der Waals surface area contributed by atoms with Crippen molar-refractivity contribution in [2.24, 2.45) is 11.5 Å². The standard InChI is InChI=1S/C30H40Cl2FN5O3/c1-5-6-22-17-37(26(27(34)39)18(2)20-9-12-23(31)24(32)16-20)13-14-38(22)28(40)25(36-29(41)30(3,4)35)15-19-7-10-21(33)11-8-19/h7-12,16,18,22,25-26H,5-6,13-15,17,35H2,1-4H3,(H2,34,39)(H,36,41). The first-order chi connectivity index (χ1) is 19.2. The van der Waals surface area contributed by atoms with Crippen LogP contribution in [0.1, 0.15) is 57.6 Å². The van der Waals surface area contributed by atoms with E-state index in [0.29, 0.717) is 41.7 Å². The van der Waals surface area contributed by atoms with E-state index < -0.39 is 29.4 Å². The highest BCUT2D eigenvalue weighted by molar-refractivity contribution is 6.42. The second kappa shape index (κ2) is 14.0. The van der Waals surface area contributed by atoms with Gasteiger partial charge in [0.2, 0.25) is 17.7 Å². The molecule has 3 rings (SSSR count). The van der Waals surface area contributed by atoms with Crippen molar-refractivity contribution in [1.29, 1.82) is 0 Å². The van der Waals surface area contributed by atoms with Gasteiger partial charge in [-0.1, -0.05) is 61.7 Å². The van der Waals surface area contributed by atoms with Crippen LogP contribution in [0.5, 0.6) is 0 Å². The van der Waals surface area contributed by atoms with Crippen molar-refractivity contribution in [1.82, 2.24) is 15.1 Å². The maximum absolute atomic E-state index is 14.0. The molecule has 1 aliphatic heterocycles. The van der Waals surface area contributed by atoms with Crippen LogP contribution in [0.3, 0.4) is 0 Å². The maximum Gasteiger partial charge on any atom is 0.245 e. The fourth-order valence-corrected chi connectivity index (χ4v) is 5.63. The molecule has 8 nitrogen and oxygen atoms in total. The van der Waals surface area contributed by atoms with Gasteiger partial charge in [-0.2, -0.15) is 0 Å². The summed E-state index contributed by atoms with van der Waals surface area (Å²) in [6, 6.07) is 9.37. The van der Waals surface area contributed by atoms with Gasteiger partial charge in [0, 0.05) is 38.0 Å². The molecule has 41 heavy (non-hydrogen) atoms. The quantitative estimate of drug-likeness (QED) is 0.358. The topological polar surface area (TPSA) is 122 Å². The first-order valence-electron chi connectivity index (χ1n) is 13.9. The Hall–Kier alpha value is -2.72. The number of nitrogens with zero attached hydrogens (tertiary/aromatic N) is 2. The fraction of sp³-hybridized carbons (Fsp3) is 0.500. The summed E-state index contributed by atoms with van der Waals surface area (Å²) in [5.74, 6) is -1.85. The molecule has 0 radical (unpaired) electrons. The van der Waals surface area contributed by atoms with E-state index in [1.807, 2.05) is 24.8 Å². The summed E-state index contributed by atoms with van der Waals surface area (Å²) in [6.07, 6.45) is 1.67. The van der Waals surface area contributed by atoms with Gasteiger partial charge in [-0.05, 0) is 55.7 Å². The second-order valence-electron chi connectivity index (χ2n) is 11.4. The van der Waals surface area contributed by atoms with E-state index in [0.717, 1.165) is 12.0 Å². The van der Waals surface area contributed by atoms with Crippen molar-refractivity contribution in [2.45, 2.75) is 76.5 Å². The number of amides is 3.